The number of carbonyl (C=O) groups is 1. The molecule has 20 heavy (non-hydrogen) atoms. The molecule has 1 N–H and O–H groups in total. The Morgan fingerprint density at radius 3 is 2.50 bits per heavy atom. The number of nitrogens with zero attached hydrogens (tertiary/aromatic N) is 1. The quantitative estimate of drug-likeness (QED) is 0.740. The number of benzene rings is 1. The number of halogens is 5. The van der Waals surface area contributed by atoms with Crippen LogP contribution in [-0.2, 0) is 6.18 Å². The van der Waals surface area contributed by atoms with Gasteiger partial charge in [-0.05, 0) is 40.8 Å². The maximum atomic E-state index is 12.7. The summed E-state index contributed by atoms with van der Waals surface area (Å²) >= 11 is 7.79. The molecule has 0 radical (unpaired) electrons. The minimum Gasteiger partial charge on any atom is -0.475 e. The average molecular weight is 418 g/mol. The van der Waals surface area contributed by atoms with Crippen LogP contribution in [0.4, 0.5) is 13.2 Å². The molecule has 0 bridgehead atoms. The van der Waals surface area contributed by atoms with Crippen molar-refractivity contribution < 1.29 is 27.5 Å². The van der Waals surface area contributed by atoms with E-state index in [1.165, 1.54) is 12.1 Å². The van der Waals surface area contributed by atoms with Crippen molar-refractivity contribution in [2.75, 3.05) is 0 Å². The Morgan fingerprint density at radius 1 is 1.40 bits per heavy atom. The Bertz CT molecular complexity index is 684. The van der Waals surface area contributed by atoms with E-state index in [4.69, 9.17) is 21.1 Å². The Hall–Kier alpha value is -1.29. The molecule has 0 saturated carbocycles. The first-order valence-corrected chi connectivity index (χ1v) is 6.42. The highest BCUT2D eigenvalue weighted by atomic mass is 127. The minimum atomic E-state index is -4.91. The van der Waals surface area contributed by atoms with Crippen LogP contribution in [0.1, 0.15) is 16.2 Å². The van der Waals surface area contributed by atoms with Gasteiger partial charge in [0.05, 0.1) is 5.02 Å². The predicted molar refractivity (Wildman–Crippen MR) is 71.6 cm³/mol. The minimum absolute atomic E-state index is 0.161. The normalized spacial score (nSPS) is 11.7. The van der Waals surface area contributed by atoms with Crippen LogP contribution in [0.5, 0.6) is 0 Å². The Balaban J connectivity index is 2.58. The zero-order valence-electron chi connectivity index (χ0n) is 9.33. The molecule has 106 valence electrons. The van der Waals surface area contributed by atoms with E-state index in [9.17, 15) is 18.0 Å². The molecule has 0 fully saturated rings. The van der Waals surface area contributed by atoms with Gasteiger partial charge in [0, 0.05) is 9.13 Å². The van der Waals surface area contributed by atoms with Gasteiger partial charge in [-0.1, -0.05) is 11.6 Å². The average Bonchev–Trinajstić information content (AvgIpc) is 2.77. The van der Waals surface area contributed by atoms with Gasteiger partial charge in [0.15, 0.2) is 5.69 Å². The SMILES string of the molecule is O=C(O)c1oc(-c2ccc(I)c(Cl)c2)nc1C(F)(F)F. The Kier molecular flexibility index (Phi) is 3.96. The number of rotatable bonds is 2. The van der Waals surface area contributed by atoms with Gasteiger partial charge in [0.25, 0.3) is 0 Å². The lowest BCUT2D eigenvalue weighted by molar-refractivity contribution is -0.141. The number of carboxylic acids is 1. The van der Waals surface area contributed by atoms with Crippen molar-refractivity contribution in [3.63, 3.8) is 0 Å². The fourth-order valence-electron chi connectivity index (χ4n) is 1.41. The standard InChI is InChI=1S/C11H4ClF3INO3/c12-5-3-4(1-2-6(5)16)9-17-8(11(13,14)15)7(20-9)10(18)19/h1-3H,(H,18,19). The van der Waals surface area contributed by atoms with Gasteiger partial charge in [-0.3, -0.25) is 0 Å². The van der Waals surface area contributed by atoms with Crippen LogP contribution in [-0.4, -0.2) is 16.1 Å². The molecule has 2 aromatic rings. The highest BCUT2D eigenvalue weighted by Crippen LogP contribution is 2.35. The van der Waals surface area contributed by atoms with E-state index in [1.54, 1.807) is 6.07 Å². The van der Waals surface area contributed by atoms with Crippen LogP contribution < -0.4 is 0 Å². The molecule has 4 nitrogen and oxygen atoms in total. The van der Waals surface area contributed by atoms with Gasteiger partial charge in [-0.2, -0.15) is 13.2 Å². The lowest BCUT2D eigenvalue weighted by atomic mass is 10.2. The van der Waals surface area contributed by atoms with E-state index >= 15 is 0 Å². The second kappa shape index (κ2) is 5.24. The Labute approximate surface area is 128 Å². The third-order valence-electron chi connectivity index (χ3n) is 2.26. The molecule has 0 unspecified atom stereocenters. The highest BCUT2D eigenvalue weighted by molar-refractivity contribution is 14.1. The monoisotopic (exact) mass is 417 g/mol. The number of aromatic nitrogens is 1. The Morgan fingerprint density at radius 2 is 2.05 bits per heavy atom. The van der Waals surface area contributed by atoms with Gasteiger partial charge >= 0.3 is 12.1 Å². The summed E-state index contributed by atoms with van der Waals surface area (Å²) in [4.78, 5) is 14.0. The zero-order valence-corrected chi connectivity index (χ0v) is 12.2. The third-order valence-corrected chi connectivity index (χ3v) is 3.83. The van der Waals surface area contributed by atoms with Crippen molar-refractivity contribution in [3.05, 3.63) is 38.2 Å². The zero-order chi connectivity index (χ0) is 15.1. The van der Waals surface area contributed by atoms with Crippen molar-refractivity contribution in [3.8, 4) is 11.5 Å². The van der Waals surface area contributed by atoms with E-state index in [0.717, 1.165) is 0 Å². The number of carboxylic acid groups (broad SMARTS) is 1. The molecular weight excluding hydrogens is 413 g/mol. The van der Waals surface area contributed by atoms with Crippen LogP contribution in [0.25, 0.3) is 11.5 Å². The number of hydrogen-bond donors (Lipinski definition) is 1. The number of hydrogen-bond acceptors (Lipinski definition) is 3. The van der Waals surface area contributed by atoms with Gasteiger partial charge in [-0.15, -0.1) is 0 Å². The fourth-order valence-corrected chi connectivity index (χ4v) is 1.93. The highest BCUT2D eigenvalue weighted by Gasteiger charge is 2.41. The maximum Gasteiger partial charge on any atom is 0.437 e. The summed E-state index contributed by atoms with van der Waals surface area (Å²) in [6.07, 6.45) is -4.91. The van der Waals surface area contributed by atoms with Gasteiger partial charge < -0.3 is 9.52 Å². The van der Waals surface area contributed by atoms with Crippen molar-refractivity contribution >= 4 is 40.2 Å². The van der Waals surface area contributed by atoms with Crippen molar-refractivity contribution in [2.45, 2.75) is 6.18 Å². The van der Waals surface area contributed by atoms with Crippen LogP contribution in [0.3, 0.4) is 0 Å². The summed E-state index contributed by atoms with van der Waals surface area (Å²) in [7, 11) is 0. The first-order chi connectivity index (χ1) is 9.20. The number of alkyl halides is 3. The van der Waals surface area contributed by atoms with Gasteiger partial charge in [-0.25, -0.2) is 9.78 Å². The van der Waals surface area contributed by atoms with E-state index in [2.05, 4.69) is 4.98 Å². The molecule has 1 heterocycles. The second-order valence-corrected chi connectivity index (χ2v) is 5.20. The molecule has 2 rings (SSSR count). The largest absolute Gasteiger partial charge is 0.475 e. The van der Waals surface area contributed by atoms with E-state index in [1.807, 2.05) is 22.6 Å². The molecule has 0 aliphatic heterocycles. The van der Waals surface area contributed by atoms with E-state index in [-0.39, 0.29) is 5.56 Å². The molecule has 0 aliphatic carbocycles. The first-order valence-electron chi connectivity index (χ1n) is 4.97. The van der Waals surface area contributed by atoms with Crippen molar-refractivity contribution in [1.29, 1.82) is 0 Å². The molecule has 0 saturated heterocycles. The lowest BCUT2D eigenvalue weighted by Crippen LogP contribution is -2.11. The summed E-state index contributed by atoms with van der Waals surface area (Å²) in [5.74, 6) is -3.54. The van der Waals surface area contributed by atoms with Crippen LogP contribution in [0.15, 0.2) is 22.6 Å². The first kappa shape index (κ1) is 15.1. The van der Waals surface area contributed by atoms with Crippen molar-refractivity contribution in [2.24, 2.45) is 0 Å². The van der Waals surface area contributed by atoms with Gasteiger partial charge in [0.2, 0.25) is 11.7 Å². The lowest BCUT2D eigenvalue weighted by Gasteiger charge is -2.01. The topological polar surface area (TPSA) is 63.3 Å². The summed E-state index contributed by atoms with van der Waals surface area (Å²) in [6.45, 7) is 0. The molecule has 0 spiro atoms. The molecule has 0 atom stereocenters. The molecule has 1 aromatic heterocycles. The third kappa shape index (κ3) is 2.90. The number of oxazole rings is 1. The maximum absolute atomic E-state index is 12.7. The summed E-state index contributed by atoms with van der Waals surface area (Å²) in [5, 5.41) is 9.02. The summed E-state index contributed by atoms with van der Waals surface area (Å²) in [6, 6.07) is 4.34. The molecule has 0 amide bonds. The smallest absolute Gasteiger partial charge is 0.437 e. The number of aromatic carboxylic acids is 1. The van der Waals surface area contributed by atoms with Crippen LogP contribution in [0, 0.1) is 3.57 Å². The van der Waals surface area contributed by atoms with E-state index < -0.39 is 29.5 Å². The van der Waals surface area contributed by atoms with Crippen molar-refractivity contribution in [1.82, 2.24) is 4.98 Å². The fraction of sp³-hybridized carbons (Fsp3) is 0.0909. The molecule has 1 aromatic carbocycles. The van der Waals surface area contributed by atoms with E-state index in [0.29, 0.717) is 8.59 Å². The molecule has 9 heteroatoms. The van der Waals surface area contributed by atoms with Crippen LogP contribution >= 0.6 is 34.2 Å². The molecule has 0 aliphatic rings. The van der Waals surface area contributed by atoms with Gasteiger partial charge in [0.1, 0.15) is 0 Å². The summed E-state index contributed by atoms with van der Waals surface area (Å²) in [5.41, 5.74) is -1.41. The predicted octanol–water partition coefficient (Wildman–Crippen LogP) is 4.32. The molecular formula is C11H4ClF3INO3. The second-order valence-electron chi connectivity index (χ2n) is 3.63. The van der Waals surface area contributed by atoms with Crippen LogP contribution in [0.2, 0.25) is 5.02 Å². The summed E-state index contributed by atoms with van der Waals surface area (Å²) < 4.78 is 43.4.